The van der Waals surface area contributed by atoms with Crippen LogP contribution in [0.15, 0.2) is 18.2 Å². The summed E-state index contributed by atoms with van der Waals surface area (Å²) >= 11 is 0. The maximum Gasteiger partial charge on any atom is 0.145 e. The van der Waals surface area contributed by atoms with Crippen molar-refractivity contribution >= 4 is 11.4 Å². The standard InChI is InChI=1S/C18H28N2O2/c1-20-16-11-10-14(22-2)12-15(16)19-18(21)17(20)7-5-3-4-6-13-8-9-13/h10-13,17-19,21H,3-9H2,1-2H3. The summed E-state index contributed by atoms with van der Waals surface area (Å²) in [4.78, 5) is 2.21. The molecule has 4 heteroatoms. The number of benzene rings is 1. The molecule has 1 aromatic carbocycles. The third-order valence-electron chi connectivity index (χ3n) is 5.06. The summed E-state index contributed by atoms with van der Waals surface area (Å²) in [5.74, 6) is 1.84. The van der Waals surface area contributed by atoms with Crippen LogP contribution in [0.3, 0.4) is 0 Å². The topological polar surface area (TPSA) is 44.7 Å². The smallest absolute Gasteiger partial charge is 0.145 e. The van der Waals surface area contributed by atoms with Gasteiger partial charge in [0, 0.05) is 13.1 Å². The molecule has 3 rings (SSSR count). The van der Waals surface area contributed by atoms with E-state index in [1.807, 2.05) is 12.1 Å². The largest absolute Gasteiger partial charge is 0.497 e. The van der Waals surface area contributed by atoms with E-state index in [2.05, 4.69) is 23.3 Å². The van der Waals surface area contributed by atoms with Crippen molar-refractivity contribution in [2.45, 2.75) is 57.2 Å². The van der Waals surface area contributed by atoms with E-state index in [0.717, 1.165) is 29.5 Å². The molecule has 0 radical (unpaired) electrons. The Labute approximate surface area is 133 Å². The zero-order valence-corrected chi connectivity index (χ0v) is 13.7. The summed E-state index contributed by atoms with van der Waals surface area (Å²) in [6.07, 6.45) is 8.63. The van der Waals surface area contributed by atoms with Crippen LogP contribution in [0.5, 0.6) is 5.75 Å². The molecule has 1 fully saturated rings. The monoisotopic (exact) mass is 304 g/mol. The third-order valence-corrected chi connectivity index (χ3v) is 5.06. The highest BCUT2D eigenvalue weighted by atomic mass is 16.5. The Morgan fingerprint density at radius 1 is 1.23 bits per heavy atom. The van der Waals surface area contributed by atoms with Crippen molar-refractivity contribution in [1.29, 1.82) is 0 Å². The van der Waals surface area contributed by atoms with Crippen LogP contribution in [-0.2, 0) is 0 Å². The highest BCUT2D eigenvalue weighted by molar-refractivity contribution is 5.74. The normalized spacial score (nSPS) is 23.9. The number of rotatable bonds is 7. The maximum absolute atomic E-state index is 10.4. The molecule has 2 unspecified atom stereocenters. The summed E-state index contributed by atoms with van der Waals surface area (Å²) in [5, 5.41) is 13.6. The lowest BCUT2D eigenvalue weighted by atomic mass is 10.0. The van der Waals surface area contributed by atoms with Crippen molar-refractivity contribution in [3.8, 4) is 5.75 Å². The van der Waals surface area contributed by atoms with Gasteiger partial charge in [-0.3, -0.25) is 0 Å². The second-order valence-electron chi connectivity index (χ2n) is 6.73. The number of fused-ring (bicyclic) bond motifs is 1. The zero-order chi connectivity index (χ0) is 15.5. The number of methoxy groups -OCH3 is 1. The van der Waals surface area contributed by atoms with Crippen LogP contribution in [0, 0.1) is 5.92 Å². The van der Waals surface area contributed by atoms with Gasteiger partial charge in [0.25, 0.3) is 0 Å². The van der Waals surface area contributed by atoms with Crippen molar-refractivity contribution in [2.75, 3.05) is 24.4 Å². The number of ether oxygens (including phenoxy) is 1. The fourth-order valence-corrected chi connectivity index (χ4v) is 3.43. The van der Waals surface area contributed by atoms with Gasteiger partial charge in [-0.1, -0.05) is 38.5 Å². The summed E-state index contributed by atoms with van der Waals surface area (Å²) in [6, 6.07) is 6.12. The average molecular weight is 304 g/mol. The highest BCUT2D eigenvalue weighted by Gasteiger charge is 2.30. The van der Waals surface area contributed by atoms with Crippen molar-refractivity contribution in [1.82, 2.24) is 0 Å². The molecular formula is C18H28N2O2. The lowest BCUT2D eigenvalue weighted by Gasteiger charge is -2.40. The lowest BCUT2D eigenvalue weighted by Crippen LogP contribution is -2.49. The molecule has 1 heterocycles. The number of unbranched alkanes of at least 4 members (excludes halogenated alkanes) is 2. The molecule has 2 N–H and O–H groups in total. The predicted octanol–water partition coefficient (Wildman–Crippen LogP) is 3.60. The number of anilines is 2. The number of hydrogen-bond donors (Lipinski definition) is 2. The van der Waals surface area contributed by atoms with E-state index in [-0.39, 0.29) is 6.04 Å². The van der Waals surface area contributed by atoms with Gasteiger partial charge in [0.1, 0.15) is 12.0 Å². The van der Waals surface area contributed by atoms with E-state index in [4.69, 9.17) is 4.74 Å². The molecule has 0 saturated heterocycles. The molecule has 1 aromatic rings. The molecule has 0 aromatic heterocycles. The van der Waals surface area contributed by atoms with Crippen LogP contribution in [0.4, 0.5) is 11.4 Å². The molecule has 1 aliphatic carbocycles. The van der Waals surface area contributed by atoms with Crippen LogP contribution >= 0.6 is 0 Å². The fourth-order valence-electron chi connectivity index (χ4n) is 3.43. The first-order valence-corrected chi connectivity index (χ1v) is 8.54. The van der Waals surface area contributed by atoms with Gasteiger partial charge >= 0.3 is 0 Å². The van der Waals surface area contributed by atoms with Gasteiger partial charge in [0.15, 0.2) is 0 Å². The zero-order valence-electron chi connectivity index (χ0n) is 13.7. The second-order valence-corrected chi connectivity index (χ2v) is 6.73. The van der Waals surface area contributed by atoms with Crippen molar-refractivity contribution in [2.24, 2.45) is 5.92 Å². The molecule has 1 aliphatic heterocycles. The van der Waals surface area contributed by atoms with Crippen molar-refractivity contribution < 1.29 is 9.84 Å². The number of nitrogens with one attached hydrogen (secondary N) is 1. The van der Waals surface area contributed by atoms with Crippen LogP contribution in [0.2, 0.25) is 0 Å². The molecule has 122 valence electrons. The van der Waals surface area contributed by atoms with E-state index in [9.17, 15) is 5.11 Å². The second kappa shape index (κ2) is 6.78. The molecule has 2 atom stereocenters. The number of nitrogens with zero attached hydrogens (tertiary/aromatic N) is 1. The van der Waals surface area contributed by atoms with Crippen LogP contribution in [-0.4, -0.2) is 31.5 Å². The van der Waals surface area contributed by atoms with Gasteiger partial charge in [0.05, 0.1) is 24.5 Å². The van der Waals surface area contributed by atoms with Crippen LogP contribution < -0.4 is 15.0 Å². The molecule has 0 spiro atoms. The minimum atomic E-state index is -0.520. The first-order valence-electron chi connectivity index (χ1n) is 8.54. The minimum absolute atomic E-state index is 0.141. The molecule has 2 aliphatic rings. The number of aliphatic hydroxyl groups is 1. The van der Waals surface area contributed by atoms with Gasteiger partial charge in [-0.25, -0.2) is 0 Å². The molecule has 22 heavy (non-hydrogen) atoms. The predicted molar refractivity (Wildman–Crippen MR) is 90.6 cm³/mol. The quantitative estimate of drug-likeness (QED) is 0.755. The van der Waals surface area contributed by atoms with Crippen molar-refractivity contribution in [3.05, 3.63) is 18.2 Å². The van der Waals surface area contributed by atoms with Gasteiger partial charge in [-0.15, -0.1) is 0 Å². The summed E-state index contributed by atoms with van der Waals surface area (Å²) in [6.45, 7) is 0. The van der Waals surface area contributed by atoms with E-state index in [1.165, 1.54) is 38.5 Å². The van der Waals surface area contributed by atoms with E-state index < -0.39 is 6.23 Å². The third kappa shape index (κ3) is 3.49. The van der Waals surface area contributed by atoms with Gasteiger partial charge < -0.3 is 20.1 Å². The lowest BCUT2D eigenvalue weighted by molar-refractivity contribution is 0.159. The summed E-state index contributed by atoms with van der Waals surface area (Å²) < 4.78 is 5.25. The first kappa shape index (κ1) is 15.5. The van der Waals surface area contributed by atoms with Crippen LogP contribution in [0.25, 0.3) is 0 Å². The molecule has 0 bridgehead atoms. The number of hydrogen-bond acceptors (Lipinski definition) is 4. The Morgan fingerprint density at radius 3 is 2.73 bits per heavy atom. The van der Waals surface area contributed by atoms with Gasteiger partial charge in [0.2, 0.25) is 0 Å². The Bertz CT molecular complexity index is 502. The van der Waals surface area contributed by atoms with Gasteiger partial charge in [-0.2, -0.15) is 0 Å². The molecule has 4 nitrogen and oxygen atoms in total. The number of aliphatic hydroxyl groups excluding tert-OH is 1. The average Bonchev–Trinajstić information content (AvgIpc) is 3.33. The fraction of sp³-hybridized carbons (Fsp3) is 0.667. The van der Waals surface area contributed by atoms with Crippen LogP contribution in [0.1, 0.15) is 44.9 Å². The maximum atomic E-state index is 10.4. The van der Waals surface area contributed by atoms with E-state index in [0.29, 0.717) is 0 Å². The molecule has 1 saturated carbocycles. The van der Waals surface area contributed by atoms with Crippen molar-refractivity contribution in [3.63, 3.8) is 0 Å². The van der Waals surface area contributed by atoms with Gasteiger partial charge in [-0.05, 0) is 24.5 Å². The Balaban J connectivity index is 1.55. The summed E-state index contributed by atoms with van der Waals surface area (Å²) in [5.41, 5.74) is 2.08. The first-order chi connectivity index (χ1) is 10.7. The Hall–Kier alpha value is -1.42. The SMILES string of the molecule is COc1ccc2c(c1)NC(O)C(CCCCCC1CC1)N2C. The Morgan fingerprint density at radius 2 is 2.00 bits per heavy atom. The summed E-state index contributed by atoms with van der Waals surface area (Å²) in [7, 11) is 3.74. The van der Waals surface area contributed by atoms with E-state index in [1.54, 1.807) is 7.11 Å². The number of likely N-dealkylation sites (N-methyl/N-ethyl adjacent to an activating group) is 1. The minimum Gasteiger partial charge on any atom is -0.497 e. The Kier molecular flexibility index (Phi) is 4.77. The van der Waals surface area contributed by atoms with E-state index >= 15 is 0 Å². The molecular weight excluding hydrogens is 276 g/mol. The molecule has 0 amide bonds. The highest BCUT2D eigenvalue weighted by Crippen LogP contribution is 2.37.